The Hall–Kier alpha value is -3.28. The van der Waals surface area contributed by atoms with Crippen LogP contribution in [0.4, 0.5) is 0 Å². The van der Waals surface area contributed by atoms with Crippen LogP contribution >= 0.6 is 0 Å². The molecule has 3 aromatic rings. The number of carbonyl (C=O) groups excluding carboxylic acids is 2. The Bertz CT molecular complexity index is 1220. The molecule has 1 atom stereocenters. The molecule has 0 bridgehead atoms. The number of methoxy groups -OCH3 is 1. The van der Waals surface area contributed by atoms with Crippen LogP contribution in [0.2, 0.25) is 0 Å². The highest BCUT2D eigenvalue weighted by Gasteiger charge is 2.48. The highest BCUT2D eigenvalue weighted by Crippen LogP contribution is 2.35. The molecule has 1 N–H and O–H groups in total. The van der Waals surface area contributed by atoms with Gasteiger partial charge in [0, 0.05) is 24.0 Å². The largest absolute Gasteiger partial charge is 0.497 e. The van der Waals surface area contributed by atoms with Crippen molar-refractivity contribution in [1.29, 1.82) is 0 Å². The van der Waals surface area contributed by atoms with E-state index >= 15 is 0 Å². The van der Waals surface area contributed by atoms with Crippen LogP contribution in [0.5, 0.6) is 5.75 Å². The van der Waals surface area contributed by atoms with Crippen molar-refractivity contribution in [2.24, 2.45) is 0 Å². The van der Waals surface area contributed by atoms with Crippen LogP contribution in [-0.2, 0) is 17.9 Å². The number of nitrogens with one attached hydrogen (secondary N) is 1. The van der Waals surface area contributed by atoms with E-state index in [0.29, 0.717) is 18.8 Å². The lowest BCUT2D eigenvalue weighted by Crippen LogP contribution is -2.64. The van der Waals surface area contributed by atoms with Crippen LogP contribution in [0.1, 0.15) is 60.6 Å². The fraction of sp³-hybridized carbons (Fsp3) is 0.429. The van der Waals surface area contributed by atoms with E-state index in [9.17, 15) is 9.59 Å². The van der Waals surface area contributed by atoms with Gasteiger partial charge in [0.05, 0.1) is 19.2 Å². The van der Waals surface area contributed by atoms with Crippen LogP contribution in [-0.4, -0.2) is 40.0 Å². The summed E-state index contributed by atoms with van der Waals surface area (Å²) in [6.07, 6.45) is 5.51. The number of hydrogen-bond acceptors (Lipinski definition) is 3. The molecule has 6 nitrogen and oxygen atoms in total. The molecule has 178 valence electrons. The van der Waals surface area contributed by atoms with Gasteiger partial charge < -0.3 is 19.5 Å². The summed E-state index contributed by atoms with van der Waals surface area (Å²) in [5, 5.41) is 4.27. The van der Waals surface area contributed by atoms with E-state index in [-0.39, 0.29) is 17.9 Å². The fourth-order valence-corrected chi connectivity index (χ4v) is 5.37. The molecule has 1 aromatic heterocycles. The highest BCUT2D eigenvalue weighted by atomic mass is 16.5. The maximum atomic E-state index is 13.9. The molecule has 34 heavy (non-hydrogen) atoms. The minimum absolute atomic E-state index is 0.0738. The molecule has 2 heterocycles. The van der Waals surface area contributed by atoms with Gasteiger partial charge in [0.2, 0.25) is 5.91 Å². The van der Waals surface area contributed by atoms with Crippen molar-refractivity contribution in [3.63, 3.8) is 0 Å². The number of hydrogen-bond donors (Lipinski definition) is 1. The van der Waals surface area contributed by atoms with Crippen molar-refractivity contribution < 1.29 is 14.3 Å². The Morgan fingerprint density at radius 1 is 1.09 bits per heavy atom. The number of amides is 2. The molecule has 2 aliphatic rings. The normalized spacial score (nSPS) is 20.9. The van der Waals surface area contributed by atoms with Gasteiger partial charge in [0.25, 0.3) is 5.91 Å². The summed E-state index contributed by atoms with van der Waals surface area (Å²) < 4.78 is 7.42. The van der Waals surface area contributed by atoms with Crippen molar-refractivity contribution in [1.82, 2.24) is 14.8 Å². The Labute approximate surface area is 200 Å². The Morgan fingerprint density at radius 3 is 2.53 bits per heavy atom. The van der Waals surface area contributed by atoms with Crippen LogP contribution in [0.3, 0.4) is 0 Å². The fourth-order valence-electron chi connectivity index (χ4n) is 5.37. The van der Waals surface area contributed by atoms with Gasteiger partial charge in [0.1, 0.15) is 17.0 Å². The molecule has 0 spiro atoms. The molecular formula is C28H33N3O3. The predicted octanol–water partition coefficient (Wildman–Crippen LogP) is 4.82. The minimum atomic E-state index is -1.01. The first-order valence-corrected chi connectivity index (χ1v) is 12.2. The van der Waals surface area contributed by atoms with Gasteiger partial charge in [-0.25, -0.2) is 0 Å². The van der Waals surface area contributed by atoms with Gasteiger partial charge in [-0.1, -0.05) is 49.1 Å². The van der Waals surface area contributed by atoms with E-state index in [4.69, 9.17) is 4.74 Å². The van der Waals surface area contributed by atoms with E-state index in [0.717, 1.165) is 47.9 Å². The second-order valence-corrected chi connectivity index (χ2v) is 10.00. The number of carbonyl (C=O) groups is 2. The summed E-state index contributed by atoms with van der Waals surface area (Å²) in [7, 11) is 1.64. The smallest absolute Gasteiger partial charge is 0.271 e. The Morgan fingerprint density at radius 2 is 1.82 bits per heavy atom. The maximum Gasteiger partial charge on any atom is 0.271 e. The first-order valence-electron chi connectivity index (χ1n) is 12.2. The number of rotatable bonds is 5. The van der Waals surface area contributed by atoms with Crippen LogP contribution in [0.15, 0.2) is 48.5 Å². The van der Waals surface area contributed by atoms with E-state index in [2.05, 4.69) is 5.32 Å². The third kappa shape index (κ3) is 3.95. The standard InChI is InChI=1S/C28H33N3O3/c1-19-9-11-20(12-10-19)17-31-26(32)25-15-21-13-14-23(34-3)16-24(21)30(25)18-28(31,2)27(33)29-22-7-5-4-6-8-22/h9-16,22H,4-8,17-18H2,1-3H3,(H,29,33)/t28-/m0/s1. The summed E-state index contributed by atoms with van der Waals surface area (Å²) >= 11 is 0. The van der Waals surface area contributed by atoms with Crippen LogP contribution in [0, 0.1) is 6.92 Å². The van der Waals surface area contributed by atoms with Gasteiger partial charge >= 0.3 is 0 Å². The van der Waals surface area contributed by atoms with Gasteiger partial charge in [-0.2, -0.15) is 0 Å². The number of benzene rings is 2. The van der Waals surface area contributed by atoms with E-state index < -0.39 is 5.54 Å². The first kappa shape index (κ1) is 22.5. The number of aryl methyl sites for hydroxylation is 1. The maximum absolute atomic E-state index is 13.9. The molecule has 1 aliphatic carbocycles. The van der Waals surface area contributed by atoms with Crippen LogP contribution in [0.25, 0.3) is 10.9 Å². The van der Waals surface area contributed by atoms with E-state index in [1.807, 2.05) is 66.9 Å². The molecule has 1 aliphatic heterocycles. The molecular weight excluding hydrogens is 426 g/mol. The van der Waals surface area contributed by atoms with E-state index in [1.54, 1.807) is 12.0 Å². The zero-order chi connectivity index (χ0) is 23.9. The van der Waals surface area contributed by atoms with Crippen molar-refractivity contribution in [3.8, 4) is 5.75 Å². The summed E-state index contributed by atoms with van der Waals surface area (Å²) in [6, 6.07) is 16.1. The lowest BCUT2D eigenvalue weighted by Gasteiger charge is -2.45. The Balaban J connectivity index is 1.56. The molecule has 0 unspecified atom stereocenters. The molecule has 1 saturated carbocycles. The minimum Gasteiger partial charge on any atom is -0.497 e. The molecule has 5 rings (SSSR count). The Kier molecular flexibility index (Phi) is 5.84. The van der Waals surface area contributed by atoms with Crippen molar-refractivity contribution in [3.05, 3.63) is 65.4 Å². The van der Waals surface area contributed by atoms with Crippen molar-refractivity contribution in [2.45, 2.75) is 70.6 Å². The third-order valence-electron chi connectivity index (χ3n) is 7.53. The quantitative estimate of drug-likeness (QED) is 0.595. The van der Waals surface area contributed by atoms with Gasteiger partial charge in [-0.3, -0.25) is 9.59 Å². The molecule has 0 radical (unpaired) electrons. The second-order valence-electron chi connectivity index (χ2n) is 10.00. The van der Waals surface area contributed by atoms with Gasteiger partial charge in [-0.15, -0.1) is 0 Å². The summed E-state index contributed by atoms with van der Waals surface area (Å²) in [6.45, 7) is 4.74. The first-order chi connectivity index (χ1) is 16.4. The highest BCUT2D eigenvalue weighted by molar-refractivity contribution is 6.03. The molecule has 1 fully saturated rings. The second kappa shape index (κ2) is 8.82. The molecule has 2 aromatic carbocycles. The average Bonchev–Trinajstić information content (AvgIpc) is 3.21. The molecule has 2 amide bonds. The van der Waals surface area contributed by atoms with Crippen molar-refractivity contribution in [2.75, 3.05) is 7.11 Å². The van der Waals surface area contributed by atoms with Crippen molar-refractivity contribution >= 4 is 22.7 Å². The van der Waals surface area contributed by atoms with Gasteiger partial charge in [0.15, 0.2) is 0 Å². The third-order valence-corrected chi connectivity index (χ3v) is 7.53. The number of aromatic nitrogens is 1. The average molecular weight is 460 g/mol. The van der Waals surface area contributed by atoms with E-state index in [1.165, 1.54) is 12.0 Å². The molecule has 6 heteroatoms. The van der Waals surface area contributed by atoms with Crippen LogP contribution < -0.4 is 10.1 Å². The number of fused-ring (bicyclic) bond motifs is 3. The summed E-state index contributed by atoms with van der Waals surface area (Å²) in [5.41, 5.74) is 2.69. The number of ether oxygens (including phenoxy) is 1. The SMILES string of the molecule is COc1ccc2cc3n(c2c1)C[C@@](C)(C(=O)NC1CCCCC1)N(Cc1ccc(C)cc1)C3=O. The zero-order valence-corrected chi connectivity index (χ0v) is 20.3. The molecule has 0 saturated heterocycles. The number of nitrogens with zero attached hydrogens (tertiary/aromatic N) is 2. The zero-order valence-electron chi connectivity index (χ0n) is 20.3. The monoisotopic (exact) mass is 459 g/mol. The lowest BCUT2D eigenvalue weighted by molar-refractivity contribution is -0.134. The van der Waals surface area contributed by atoms with Gasteiger partial charge in [-0.05, 0) is 50.5 Å². The topological polar surface area (TPSA) is 63.6 Å². The summed E-state index contributed by atoms with van der Waals surface area (Å²) in [5.74, 6) is 0.537. The summed E-state index contributed by atoms with van der Waals surface area (Å²) in [4.78, 5) is 29.5. The predicted molar refractivity (Wildman–Crippen MR) is 133 cm³/mol. The lowest BCUT2D eigenvalue weighted by atomic mass is 9.91.